The van der Waals surface area contributed by atoms with Crippen LogP contribution in [-0.4, -0.2) is 27.3 Å². The molecule has 7 heteroatoms. The Morgan fingerprint density at radius 2 is 1.42 bits per heavy atom. The van der Waals surface area contributed by atoms with Gasteiger partial charge in [-0.1, -0.05) is 6.07 Å². The number of nitrogens with two attached hydrogens (primary N) is 1. The maximum absolute atomic E-state index is 6.01. The number of nitrogens with one attached hydrogen (secondary N) is 1. The quantitative estimate of drug-likeness (QED) is 0.380. The smallest absolute Gasteiger partial charge is 0.193 e. The zero-order valence-corrected chi connectivity index (χ0v) is 18.1. The van der Waals surface area contributed by atoms with Crippen molar-refractivity contribution in [2.24, 2.45) is 10.7 Å². The topological polar surface area (TPSA) is 78.1 Å². The van der Waals surface area contributed by atoms with Crippen LogP contribution in [-0.2, 0) is 6.54 Å². The summed E-state index contributed by atoms with van der Waals surface area (Å²) in [7, 11) is 4.78. The van der Waals surface area contributed by atoms with Gasteiger partial charge >= 0.3 is 0 Å². The van der Waals surface area contributed by atoms with Gasteiger partial charge < -0.3 is 25.3 Å². The zero-order valence-electron chi connectivity index (χ0n) is 15.8. The number of halogens is 1. The van der Waals surface area contributed by atoms with Gasteiger partial charge in [0.05, 0.1) is 27.9 Å². The van der Waals surface area contributed by atoms with Crippen LogP contribution in [0.5, 0.6) is 17.2 Å². The summed E-state index contributed by atoms with van der Waals surface area (Å²) in [5.74, 6) is 2.23. The molecule has 26 heavy (non-hydrogen) atoms. The molecule has 0 saturated heterocycles. The van der Waals surface area contributed by atoms with E-state index in [2.05, 4.69) is 16.4 Å². The summed E-state index contributed by atoms with van der Waals surface area (Å²) < 4.78 is 16.0. The predicted molar refractivity (Wildman–Crippen MR) is 116 cm³/mol. The van der Waals surface area contributed by atoms with E-state index in [-0.39, 0.29) is 24.0 Å². The molecule has 0 heterocycles. The van der Waals surface area contributed by atoms with Crippen LogP contribution in [0.15, 0.2) is 35.3 Å². The van der Waals surface area contributed by atoms with Crippen molar-refractivity contribution in [3.63, 3.8) is 0 Å². The van der Waals surface area contributed by atoms with Crippen molar-refractivity contribution in [1.82, 2.24) is 0 Å². The molecule has 0 radical (unpaired) electrons. The van der Waals surface area contributed by atoms with E-state index in [9.17, 15) is 0 Å². The standard InChI is InChI=1S/C19H25N3O3.HI/c1-12-6-13(2)8-15(7-12)22-19(20)21-11-14-9-17(24-4)18(25-5)10-16(14)23-3;/h6-10H,11H2,1-5H3,(H3,20,21,22);1H. The third-order valence-electron chi connectivity index (χ3n) is 3.70. The summed E-state index contributed by atoms with van der Waals surface area (Å²) in [6, 6.07) is 9.76. The highest BCUT2D eigenvalue weighted by molar-refractivity contribution is 14.0. The van der Waals surface area contributed by atoms with Gasteiger partial charge in [0.2, 0.25) is 0 Å². The van der Waals surface area contributed by atoms with Crippen molar-refractivity contribution in [2.45, 2.75) is 20.4 Å². The molecule has 3 N–H and O–H groups in total. The molecule has 142 valence electrons. The first kappa shape index (κ1) is 21.9. The molecule has 2 rings (SSSR count). The lowest BCUT2D eigenvalue weighted by Gasteiger charge is -2.13. The number of rotatable bonds is 6. The first-order chi connectivity index (χ1) is 12.0. The number of hydrogen-bond acceptors (Lipinski definition) is 4. The second-order valence-corrected chi connectivity index (χ2v) is 5.72. The lowest BCUT2D eigenvalue weighted by atomic mass is 10.1. The summed E-state index contributed by atoms with van der Waals surface area (Å²) in [6.45, 7) is 4.44. The average Bonchev–Trinajstić information content (AvgIpc) is 2.58. The molecule has 2 aromatic rings. The Bertz CT molecular complexity index is 759. The largest absolute Gasteiger partial charge is 0.496 e. The molecule has 0 aliphatic rings. The van der Waals surface area contributed by atoms with Crippen LogP contribution in [0.3, 0.4) is 0 Å². The fourth-order valence-corrected chi connectivity index (χ4v) is 2.62. The minimum atomic E-state index is 0. The monoisotopic (exact) mass is 471 g/mol. The Morgan fingerprint density at radius 1 is 0.885 bits per heavy atom. The fraction of sp³-hybridized carbons (Fsp3) is 0.316. The maximum Gasteiger partial charge on any atom is 0.193 e. The van der Waals surface area contributed by atoms with Crippen LogP contribution in [0.25, 0.3) is 0 Å². The number of ether oxygens (including phenoxy) is 3. The number of guanidine groups is 1. The molecule has 0 amide bonds. The van der Waals surface area contributed by atoms with E-state index in [0.29, 0.717) is 29.8 Å². The Hall–Kier alpha value is -2.16. The maximum atomic E-state index is 6.01. The highest BCUT2D eigenvalue weighted by atomic mass is 127. The second kappa shape index (κ2) is 10.1. The van der Waals surface area contributed by atoms with Gasteiger partial charge in [-0.2, -0.15) is 0 Å². The van der Waals surface area contributed by atoms with E-state index in [1.165, 1.54) is 0 Å². The lowest BCUT2D eigenvalue weighted by molar-refractivity contribution is 0.347. The summed E-state index contributed by atoms with van der Waals surface area (Å²) in [4.78, 5) is 4.40. The molecule has 6 nitrogen and oxygen atoms in total. The van der Waals surface area contributed by atoms with Crippen molar-refractivity contribution < 1.29 is 14.2 Å². The summed E-state index contributed by atoms with van der Waals surface area (Å²) >= 11 is 0. The number of benzene rings is 2. The first-order valence-corrected chi connectivity index (χ1v) is 7.91. The number of anilines is 1. The molecule has 0 saturated carbocycles. The van der Waals surface area contributed by atoms with Gasteiger partial charge in [0.15, 0.2) is 17.5 Å². The molecule has 0 fully saturated rings. The Morgan fingerprint density at radius 3 is 1.96 bits per heavy atom. The Balaban J connectivity index is 0.00000338. The molecule has 0 unspecified atom stereocenters. The van der Waals surface area contributed by atoms with Crippen LogP contribution < -0.4 is 25.3 Å². The fourth-order valence-electron chi connectivity index (χ4n) is 2.62. The number of methoxy groups -OCH3 is 3. The highest BCUT2D eigenvalue weighted by Gasteiger charge is 2.11. The molecule has 2 aromatic carbocycles. The van der Waals surface area contributed by atoms with Crippen molar-refractivity contribution >= 4 is 35.6 Å². The van der Waals surface area contributed by atoms with E-state index in [1.807, 2.05) is 32.0 Å². The van der Waals surface area contributed by atoms with Gasteiger partial charge in [-0.25, -0.2) is 4.99 Å². The molecule has 0 aromatic heterocycles. The summed E-state index contributed by atoms with van der Waals surface area (Å²) in [5.41, 5.74) is 10.1. The van der Waals surface area contributed by atoms with Gasteiger partial charge in [-0.05, 0) is 43.2 Å². The Labute approximate surface area is 171 Å². The van der Waals surface area contributed by atoms with Gasteiger partial charge in [-0.3, -0.25) is 0 Å². The highest BCUT2D eigenvalue weighted by Crippen LogP contribution is 2.34. The number of aryl methyl sites for hydroxylation is 2. The molecule has 0 spiro atoms. The van der Waals surface area contributed by atoms with Crippen LogP contribution in [0, 0.1) is 13.8 Å². The predicted octanol–water partition coefficient (Wildman–Crippen LogP) is 3.87. The van der Waals surface area contributed by atoms with Crippen molar-refractivity contribution in [2.75, 3.05) is 26.6 Å². The normalized spacial score (nSPS) is 10.7. The lowest BCUT2D eigenvalue weighted by Crippen LogP contribution is -2.22. The summed E-state index contributed by atoms with van der Waals surface area (Å²) in [6.07, 6.45) is 0. The van der Waals surface area contributed by atoms with Crippen LogP contribution in [0.1, 0.15) is 16.7 Å². The molecular formula is C19H26IN3O3. The molecule has 0 aliphatic carbocycles. The molecule has 0 bridgehead atoms. The van der Waals surface area contributed by atoms with Crippen LogP contribution in [0.4, 0.5) is 5.69 Å². The SMILES string of the molecule is COc1cc(OC)c(OC)cc1CN=C(N)Nc1cc(C)cc(C)c1.I. The molecule has 0 atom stereocenters. The van der Waals surface area contributed by atoms with E-state index in [0.717, 1.165) is 22.4 Å². The minimum absolute atomic E-state index is 0. The van der Waals surface area contributed by atoms with Crippen molar-refractivity contribution in [3.8, 4) is 17.2 Å². The Kier molecular flexibility index (Phi) is 8.50. The van der Waals surface area contributed by atoms with E-state index in [1.54, 1.807) is 27.4 Å². The van der Waals surface area contributed by atoms with Gasteiger partial charge in [0, 0.05) is 17.3 Å². The third kappa shape index (κ3) is 5.69. The van der Waals surface area contributed by atoms with Gasteiger partial charge in [0.1, 0.15) is 5.75 Å². The average molecular weight is 471 g/mol. The van der Waals surface area contributed by atoms with Crippen molar-refractivity contribution in [1.29, 1.82) is 0 Å². The number of hydrogen-bond donors (Lipinski definition) is 2. The molecular weight excluding hydrogens is 445 g/mol. The van der Waals surface area contributed by atoms with Gasteiger partial charge in [0.25, 0.3) is 0 Å². The van der Waals surface area contributed by atoms with E-state index >= 15 is 0 Å². The number of aliphatic imine (C=N–C) groups is 1. The first-order valence-electron chi connectivity index (χ1n) is 7.91. The second-order valence-electron chi connectivity index (χ2n) is 5.72. The van der Waals surface area contributed by atoms with Crippen LogP contribution >= 0.6 is 24.0 Å². The molecule has 0 aliphatic heterocycles. The van der Waals surface area contributed by atoms with E-state index in [4.69, 9.17) is 19.9 Å². The van der Waals surface area contributed by atoms with E-state index < -0.39 is 0 Å². The van der Waals surface area contributed by atoms with Crippen LogP contribution in [0.2, 0.25) is 0 Å². The van der Waals surface area contributed by atoms with Crippen molar-refractivity contribution in [3.05, 3.63) is 47.0 Å². The van der Waals surface area contributed by atoms with Gasteiger partial charge in [-0.15, -0.1) is 24.0 Å². The number of nitrogens with zero attached hydrogens (tertiary/aromatic N) is 1. The third-order valence-corrected chi connectivity index (χ3v) is 3.70. The zero-order chi connectivity index (χ0) is 18.4. The minimum Gasteiger partial charge on any atom is -0.496 e. The summed E-state index contributed by atoms with van der Waals surface area (Å²) in [5, 5.41) is 3.11.